The number of hydrogen-bond acceptors (Lipinski definition) is 0. The van der Waals surface area contributed by atoms with Gasteiger partial charge in [-0.2, -0.15) is 74.6 Å². The minimum atomic E-state index is -8.60. The van der Waals surface area contributed by atoms with Crippen LogP contribution in [0.1, 0.15) is 90.4 Å². The molecule has 0 fully saturated rings. The van der Waals surface area contributed by atoms with E-state index in [9.17, 15) is 74.6 Å². The van der Waals surface area contributed by atoms with Gasteiger partial charge in [-0.15, -0.1) is 0 Å². The van der Waals surface area contributed by atoms with Gasteiger partial charge >= 0.3 is 47.6 Å². The zero-order valence-electron chi connectivity index (χ0n) is 21.8. The first-order valence-electron chi connectivity index (χ1n) is 12.7. The first-order valence-corrected chi connectivity index (χ1v) is 12.7. The van der Waals surface area contributed by atoms with E-state index in [4.69, 9.17) is 0 Å². The van der Waals surface area contributed by atoms with Crippen molar-refractivity contribution < 1.29 is 74.6 Å². The van der Waals surface area contributed by atoms with Gasteiger partial charge in [-0.05, 0) is 18.9 Å². The van der Waals surface area contributed by atoms with Crippen molar-refractivity contribution in [2.45, 2.75) is 138 Å². The lowest BCUT2D eigenvalue weighted by Gasteiger charge is -2.42. The highest BCUT2D eigenvalue weighted by molar-refractivity contribution is 5.17. The van der Waals surface area contributed by atoms with Crippen LogP contribution < -0.4 is 0 Å². The van der Waals surface area contributed by atoms with Gasteiger partial charge in [0.2, 0.25) is 0 Å². The van der Waals surface area contributed by atoms with E-state index >= 15 is 0 Å². The number of unbranched alkanes of at least 4 members (excludes halogenated alkanes) is 12. The summed E-state index contributed by atoms with van der Waals surface area (Å²) in [5.74, 6) is -56.1. The van der Waals surface area contributed by atoms with E-state index in [1.807, 2.05) is 0 Å². The molecule has 0 aliphatic carbocycles. The molecule has 246 valence electrons. The van der Waals surface area contributed by atoms with Crippen LogP contribution in [0, 0.1) is 0 Å². The molecule has 0 saturated carbocycles. The Morgan fingerprint density at radius 1 is 0.366 bits per heavy atom. The van der Waals surface area contributed by atoms with Gasteiger partial charge in [0.05, 0.1) is 0 Å². The molecule has 0 bridgehead atoms. The molecule has 0 nitrogen and oxygen atoms in total. The number of hydrogen-bond donors (Lipinski definition) is 0. The van der Waals surface area contributed by atoms with Gasteiger partial charge in [-0.1, -0.05) is 83.6 Å². The first kappa shape index (κ1) is 39.5. The first-order chi connectivity index (χ1) is 18.3. The summed E-state index contributed by atoms with van der Waals surface area (Å²) >= 11 is 0. The second-order valence-electron chi connectivity index (χ2n) is 9.65. The maximum atomic E-state index is 13.8. The molecule has 0 aromatic heterocycles. The third-order valence-corrected chi connectivity index (χ3v) is 6.30. The van der Waals surface area contributed by atoms with E-state index < -0.39 is 60.1 Å². The Morgan fingerprint density at radius 2 is 0.659 bits per heavy atom. The third-order valence-electron chi connectivity index (χ3n) is 6.30. The fourth-order valence-corrected chi connectivity index (χ4v) is 3.62. The van der Waals surface area contributed by atoms with Crippen LogP contribution in [0.15, 0.2) is 12.2 Å². The summed E-state index contributed by atoms with van der Waals surface area (Å²) in [6.07, 6.45) is 0.727. The van der Waals surface area contributed by atoms with Gasteiger partial charge < -0.3 is 0 Å². The molecule has 0 atom stereocenters. The van der Waals surface area contributed by atoms with Crippen LogP contribution in [0.25, 0.3) is 0 Å². The highest BCUT2D eigenvalue weighted by Gasteiger charge is 2.95. The number of rotatable bonds is 20. The zero-order chi connectivity index (χ0) is 32.6. The molecule has 0 radical (unpaired) electrons. The van der Waals surface area contributed by atoms with Crippen molar-refractivity contribution in [2.75, 3.05) is 0 Å². The summed E-state index contributed by atoms with van der Waals surface area (Å²) in [7, 11) is 0. The molecular formula is C24H31F17. The lowest BCUT2D eigenvalue weighted by molar-refractivity contribution is -0.459. The van der Waals surface area contributed by atoms with Crippen LogP contribution in [0.5, 0.6) is 0 Å². The van der Waals surface area contributed by atoms with Gasteiger partial charge in [0.15, 0.2) is 0 Å². The normalized spacial score (nSPS) is 15.3. The lowest BCUT2D eigenvalue weighted by atomic mass is 9.89. The zero-order valence-corrected chi connectivity index (χ0v) is 21.8. The number of halogens is 17. The molecule has 0 aliphatic rings. The Labute approximate surface area is 225 Å². The molecule has 0 N–H and O–H groups in total. The van der Waals surface area contributed by atoms with E-state index in [2.05, 4.69) is 6.92 Å². The minimum absolute atomic E-state index is 0.0124. The van der Waals surface area contributed by atoms with E-state index in [1.54, 1.807) is 0 Å². The van der Waals surface area contributed by atoms with Crippen LogP contribution in [-0.4, -0.2) is 47.6 Å². The van der Waals surface area contributed by atoms with Crippen LogP contribution >= 0.6 is 0 Å². The Balaban J connectivity index is 5.27. The third kappa shape index (κ3) is 8.35. The van der Waals surface area contributed by atoms with Crippen molar-refractivity contribution in [1.82, 2.24) is 0 Å². The summed E-state index contributed by atoms with van der Waals surface area (Å²) < 4.78 is 225. The minimum Gasteiger partial charge on any atom is -0.195 e. The molecule has 0 amide bonds. The largest absolute Gasteiger partial charge is 0.460 e. The smallest absolute Gasteiger partial charge is 0.195 e. The highest BCUT2D eigenvalue weighted by Crippen LogP contribution is 2.64. The molecule has 0 rings (SSSR count). The summed E-state index contributed by atoms with van der Waals surface area (Å²) in [5.41, 5.74) is 0. The van der Waals surface area contributed by atoms with Crippen LogP contribution in [0.4, 0.5) is 74.6 Å². The standard InChI is InChI=1S/C24H31F17/c1-2-3-4-5-6-7-8-9-10-11-12-13-14-15-16-17(25,26)18(27,28)19(29,30)20(31,32)21(33,34)22(35,36)23(37,38)24(39,40)41/h15-16H,2-14H2,1H3. The molecular weight excluding hydrogens is 611 g/mol. The van der Waals surface area contributed by atoms with Gasteiger partial charge in [0.25, 0.3) is 0 Å². The molecule has 0 aromatic carbocycles. The van der Waals surface area contributed by atoms with Crippen molar-refractivity contribution in [3.8, 4) is 0 Å². The topological polar surface area (TPSA) is 0 Å². The van der Waals surface area contributed by atoms with E-state index in [-0.39, 0.29) is 12.5 Å². The van der Waals surface area contributed by atoms with Gasteiger partial charge in [-0.3, -0.25) is 0 Å². The van der Waals surface area contributed by atoms with E-state index in [0.29, 0.717) is 12.8 Å². The van der Waals surface area contributed by atoms with E-state index in [1.165, 1.54) is 0 Å². The summed E-state index contributed by atoms with van der Waals surface area (Å²) in [4.78, 5) is 0. The summed E-state index contributed by atoms with van der Waals surface area (Å²) in [6.45, 7) is 2.08. The predicted octanol–water partition coefficient (Wildman–Crippen LogP) is 11.6. The summed E-state index contributed by atoms with van der Waals surface area (Å²) in [5, 5.41) is 0. The molecule has 0 aliphatic heterocycles. The molecule has 0 unspecified atom stereocenters. The Morgan fingerprint density at radius 3 is 1.00 bits per heavy atom. The molecule has 0 spiro atoms. The average molecular weight is 642 g/mol. The Hall–Kier alpha value is -1.45. The van der Waals surface area contributed by atoms with Crippen molar-refractivity contribution in [2.24, 2.45) is 0 Å². The molecule has 0 heterocycles. The second-order valence-corrected chi connectivity index (χ2v) is 9.65. The molecule has 0 aromatic rings. The predicted molar refractivity (Wildman–Crippen MR) is 116 cm³/mol. The Kier molecular flexibility index (Phi) is 13.8. The quantitative estimate of drug-likeness (QED) is 0.0704. The highest BCUT2D eigenvalue weighted by atomic mass is 19.4. The molecule has 41 heavy (non-hydrogen) atoms. The molecule has 0 saturated heterocycles. The van der Waals surface area contributed by atoms with E-state index in [0.717, 1.165) is 57.8 Å². The van der Waals surface area contributed by atoms with Gasteiger partial charge in [0.1, 0.15) is 0 Å². The monoisotopic (exact) mass is 642 g/mol. The van der Waals surface area contributed by atoms with Gasteiger partial charge in [0, 0.05) is 0 Å². The van der Waals surface area contributed by atoms with Crippen LogP contribution in [-0.2, 0) is 0 Å². The second kappa shape index (κ2) is 14.3. The van der Waals surface area contributed by atoms with Crippen LogP contribution in [0.2, 0.25) is 0 Å². The maximum absolute atomic E-state index is 13.8. The average Bonchev–Trinajstić information content (AvgIpc) is 2.82. The van der Waals surface area contributed by atoms with Crippen molar-refractivity contribution >= 4 is 0 Å². The van der Waals surface area contributed by atoms with Crippen molar-refractivity contribution in [3.05, 3.63) is 12.2 Å². The van der Waals surface area contributed by atoms with Crippen molar-refractivity contribution in [1.29, 1.82) is 0 Å². The number of allylic oxidation sites excluding steroid dienone is 2. The van der Waals surface area contributed by atoms with Crippen LogP contribution in [0.3, 0.4) is 0 Å². The SMILES string of the molecule is CCCCCCCCCCCCCCC=CC(F)(F)C(F)(F)C(F)(F)C(F)(F)C(F)(F)C(F)(F)C(F)(F)C(F)(F)F. The molecule has 17 heteroatoms. The number of alkyl halides is 17. The lowest BCUT2D eigenvalue weighted by Crippen LogP contribution is -2.74. The fraction of sp³-hybridized carbons (Fsp3) is 0.917. The fourth-order valence-electron chi connectivity index (χ4n) is 3.62. The van der Waals surface area contributed by atoms with Crippen molar-refractivity contribution in [3.63, 3.8) is 0 Å². The Bertz CT molecular complexity index is 796. The summed E-state index contributed by atoms with van der Waals surface area (Å²) in [6, 6.07) is 0. The maximum Gasteiger partial charge on any atom is 0.460 e. The van der Waals surface area contributed by atoms with Gasteiger partial charge in [-0.25, -0.2) is 0 Å².